The molecule has 3 N–H and O–H groups in total. The Morgan fingerprint density at radius 1 is 1.27 bits per heavy atom. The van der Waals surface area contributed by atoms with Gasteiger partial charge in [-0.2, -0.15) is 0 Å². The lowest BCUT2D eigenvalue weighted by Gasteiger charge is -2.30. The molecular formula is C22H26FN3O4. The average molecular weight is 415 g/mol. The number of nitrogens with one attached hydrogen (secondary N) is 3. The summed E-state index contributed by atoms with van der Waals surface area (Å²) >= 11 is 0. The fraction of sp³-hybridized carbons (Fsp3) is 0.364. The molecule has 2 amide bonds. The van der Waals surface area contributed by atoms with Crippen molar-refractivity contribution in [1.82, 2.24) is 16.0 Å². The average Bonchev–Trinajstić information content (AvgIpc) is 3.23. The summed E-state index contributed by atoms with van der Waals surface area (Å²) in [7, 11) is 0. The van der Waals surface area contributed by atoms with E-state index in [1.54, 1.807) is 31.2 Å². The number of benzene rings is 1. The maximum absolute atomic E-state index is 13.3. The summed E-state index contributed by atoms with van der Waals surface area (Å²) in [5.41, 5.74) is 1.60. The number of urea groups is 1. The molecule has 2 aromatic rings. The number of carbonyl (C=O) groups excluding carboxylic acids is 2. The number of hydrogen-bond donors (Lipinski definition) is 3. The highest BCUT2D eigenvalue weighted by Crippen LogP contribution is 2.29. The van der Waals surface area contributed by atoms with E-state index in [0.29, 0.717) is 11.5 Å². The van der Waals surface area contributed by atoms with Gasteiger partial charge in [0.15, 0.2) is 0 Å². The number of furan rings is 1. The zero-order valence-corrected chi connectivity index (χ0v) is 17.2. The third-order valence-corrected chi connectivity index (χ3v) is 4.87. The number of hydrogen-bond acceptors (Lipinski definition) is 5. The van der Waals surface area contributed by atoms with E-state index < -0.39 is 18.0 Å². The topological polar surface area (TPSA) is 92.6 Å². The molecule has 0 unspecified atom stereocenters. The van der Waals surface area contributed by atoms with Crippen molar-refractivity contribution in [3.63, 3.8) is 0 Å². The van der Waals surface area contributed by atoms with Gasteiger partial charge in [0.25, 0.3) is 0 Å². The molecule has 0 radical (unpaired) electrons. The van der Waals surface area contributed by atoms with Crippen LogP contribution in [0.4, 0.5) is 9.18 Å². The van der Waals surface area contributed by atoms with E-state index in [4.69, 9.17) is 9.15 Å². The Kier molecular flexibility index (Phi) is 6.89. The van der Waals surface area contributed by atoms with Crippen molar-refractivity contribution in [1.29, 1.82) is 0 Å². The minimum atomic E-state index is -0.757. The summed E-state index contributed by atoms with van der Waals surface area (Å²) in [6.45, 7) is 6.20. The second-order valence-corrected chi connectivity index (χ2v) is 7.31. The van der Waals surface area contributed by atoms with E-state index in [1.165, 1.54) is 18.4 Å². The van der Waals surface area contributed by atoms with Crippen LogP contribution < -0.4 is 16.0 Å². The van der Waals surface area contributed by atoms with Gasteiger partial charge in [0.05, 0.1) is 18.4 Å². The van der Waals surface area contributed by atoms with Gasteiger partial charge in [-0.05, 0) is 42.7 Å². The van der Waals surface area contributed by atoms with E-state index in [2.05, 4.69) is 16.0 Å². The zero-order valence-electron chi connectivity index (χ0n) is 17.2. The fourth-order valence-electron chi connectivity index (χ4n) is 3.50. The number of rotatable bonds is 8. The van der Waals surface area contributed by atoms with Crippen molar-refractivity contribution in [2.24, 2.45) is 5.92 Å². The maximum Gasteiger partial charge on any atom is 0.338 e. The van der Waals surface area contributed by atoms with Gasteiger partial charge in [-0.3, -0.25) is 0 Å². The first-order valence-corrected chi connectivity index (χ1v) is 9.90. The first kappa shape index (κ1) is 21.6. The van der Waals surface area contributed by atoms with Gasteiger partial charge < -0.3 is 25.1 Å². The smallest absolute Gasteiger partial charge is 0.338 e. The van der Waals surface area contributed by atoms with Crippen LogP contribution >= 0.6 is 0 Å². The maximum atomic E-state index is 13.3. The second kappa shape index (κ2) is 9.58. The van der Waals surface area contributed by atoms with Crippen molar-refractivity contribution >= 4 is 12.0 Å². The highest BCUT2D eigenvalue weighted by Gasteiger charge is 2.35. The van der Waals surface area contributed by atoms with Crippen LogP contribution in [0, 0.1) is 11.7 Å². The fourth-order valence-corrected chi connectivity index (χ4v) is 3.50. The van der Waals surface area contributed by atoms with Gasteiger partial charge in [-0.15, -0.1) is 0 Å². The summed E-state index contributed by atoms with van der Waals surface area (Å²) in [5.74, 6) is -0.226. The molecule has 0 aliphatic carbocycles. The Hall–Kier alpha value is -3.13. The summed E-state index contributed by atoms with van der Waals surface area (Å²) in [6.07, 6.45) is 1.48. The van der Waals surface area contributed by atoms with Crippen LogP contribution in [0.2, 0.25) is 0 Å². The molecule has 160 valence electrons. The van der Waals surface area contributed by atoms with Gasteiger partial charge in [0, 0.05) is 18.3 Å². The molecule has 2 heterocycles. The Morgan fingerprint density at radius 2 is 2.00 bits per heavy atom. The molecule has 8 heteroatoms. The van der Waals surface area contributed by atoms with E-state index in [1.807, 2.05) is 13.8 Å². The molecule has 3 rings (SSSR count). The number of esters is 1. The standard InChI is InChI=1S/C22H26FN3O4/c1-4-29-21(27)18-16(25-22(28)26-20(18)17-6-5-11-30-17)12-24-19(13(2)3)14-7-9-15(23)10-8-14/h5-11,13,19-20,24H,4,12H2,1-3H3,(H2,25,26,28)/t19-,20+/m1/s1. The molecule has 1 aliphatic heterocycles. The Labute approximate surface area is 174 Å². The van der Waals surface area contributed by atoms with Crippen molar-refractivity contribution in [2.45, 2.75) is 32.9 Å². The Bertz CT molecular complexity index is 907. The van der Waals surface area contributed by atoms with Crippen LogP contribution in [0.1, 0.15) is 44.2 Å². The number of carbonyl (C=O) groups is 2. The quantitative estimate of drug-likeness (QED) is 0.573. The third kappa shape index (κ3) is 4.88. The van der Waals surface area contributed by atoms with Crippen LogP contribution in [0.15, 0.2) is 58.3 Å². The lowest BCUT2D eigenvalue weighted by atomic mass is 9.95. The van der Waals surface area contributed by atoms with E-state index in [-0.39, 0.29) is 36.5 Å². The van der Waals surface area contributed by atoms with Crippen LogP contribution in [0.5, 0.6) is 0 Å². The molecular weight excluding hydrogens is 389 g/mol. The SMILES string of the molecule is CCOC(=O)C1=C(CN[C@@H](c2ccc(F)cc2)C(C)C)NC(=O)N[C@H]1c1ccco1. The van der Waals surface area contributed by atoms with Gasteiger partial charge in [-0.1, -0.05) is 26.0 Å². The number of amides is 2. The molecule has 0 spiro atoms. The highest BCUT2D eigenvalue weighted by molar-refractivity contribution is 5.95. The van der Waals surface area contributed by atoms with Gasteiger partial charge in [-0.25, -0.2) is 14.0 Å². The molecule has 0 fully saturated rings. The summed E-state index contributed by atoms with van der Waals surface area (Å²) in [4.78, 5) is 25.0. The van der Waals surface area contributed by atoms with E-state index >= 15 is 0 Å². The van der Waals surface area contributed by atoms with Gasteiger partial charge >= 0.3 is 12.0 Å². The lowest BCUT2D eigenvalue weighted by Crippen LogP contribution is -2.48. The second-order valence-electron chi connectivity index (χ2n) is 7.31. The van der Waals surface area contributed by atoms with Crippen LogP contribution in [-0.4, -0.2) is 25.2 Å². The first-order chi connectivity index (χ1) is 14.4. The van der Waals surface area contributed by atoms with Crippen molar-refractivity contribution in [3.05, 3.63) is 71.1 Å². The molecule has 0 bridgehead atoms. The molecule has 30 heavy (non-hydrogen) atoms. The van der Waals surface area contributed by atoms with Crippen molar-refractivity contribution < 1.29 is 23.1 Å². The monoisotopic (exact) mass is 415 g/mol. The van der Waals surface area contributed by atoms with E-state index in [0.717, 1.165) is 5.56 Å². The summed E-state index contributed by atoms with van der Waals surface area (Å²) in [5, 5.41) is 8.81. The normalized spacial score (nSPS) is 17.5. The molecule has 1 aromatic heterocycles. The number of halogens is 1. The van der Waals surface area contributed by atoms with Gasteiger partial charge in [0.2, 0.25) is 0 Å². The third-order valence-electron chi connectivity index (χ3n) is 4.87. The molecule has 0 saturated heterocycles. The van der Waals surface area contributed by atoms with Crippen LogP contribution in [-0.2, 0) is 9.53 Å². The molecule has 0 saturated carbocycles. The largest absolute Gasteiger partial charge is 0.467 e. The first-order valence-electron chi connectivity index (χ1n) is 9.90. The molecule has 2 atom stereocenters. The van der Waals surface area contributed by atoms with Crippen molar-refractivity contribution in [2.75, 3.05) is 13.2 Å². The van der Waals surface area contributed by atoms with Crippen molar-refractivity contribution in [3.8, 4) is 0 Å². The van der Waals surface area contributed by atoms with Crippen LogP contribution in [0.3, 0.4) is 0 Å². The van der Waals surface area contributed by atoms with Gasteiger partial charge in [0.1, 0.15) is 17.6 Å². The molecule has 7 nitrogen and oxygen atoms in total. The van der Waals surface area contributed by atoms with E-state index in [9.17, 15) is 14.0 Å². The Balaban J connectivity index is 1.92. The summed E-state index contributed by atoms with van der Waals surface area (Å²) in [6, 6.07) is 8.33. The Morgan fingerprint density at radius 3 is 2.60 bits per heavy atom. The molecule has 1 aromatic carbocycles. The highest BCUT2D eigenvalue weighted by atomic mass is 19.1. The van der Waals surface area contributed by atoms with Crippen LogP contribution in [0.25, 0.3) is 0 Å². The predicted octanol–water partition coefficient (Wildman–Crippen LogP) is 3.58. The summed E-state index contributed by atoms with van der Waals surface area (Å²) < 4.78 is 24.0. The molecule has 1 aliphatic rings. The minimum absolute atomic E-state index is 0.115. The number of ether oxygens (including phenoxy) is 1. The lowest BCUT2D eigenvalue weighted by molar-refractivity contribution is -0.139. The minimum Gasteiger partial charge on any atom is -0.467 e. The predicted molar refractivity (Wildman–Crippen MR) is 109 cm³/mol. The zero-order chi connectivity index (χ0) is 21.7.